The summed E-state index contributed by atoms with van der Waals surface area (Å²) in [5.41, 5.74) is -0.323. The molecule has 7 nitrogen and oxygen atoms in total. The molecule has 2 aliphatic rings. The van der Waals surface area contributed by atoms with Crippen molar-refractivity contribution >= 4 is 10.0 Å². The van der Waals surface area contributed by atoms with Gasteiger partial charge in [-0.15, -0.1) is 0 Å². The van der Waals surface area contributed by atoms with E-state index in [1.165, 1.54) is 0 Å². The van der Waals surface area contributed by atoms with Gasteiger partial charge >= 0.3 is 0 Å². The lowest BCUT2D eigenvalue weighted by molar-refractivity contribution is 0.329. The van der Waals surface area contributed by atoms with Crippen molar-refractivity contribution in [3.05, 3.63) is 36.0 Å². The van der Waals surface area contributed by atoms with E-state index in [1.54, 1.807) is 35.7 Å². The average molecular weight is 377 g/mol. The molecule has 1 saturated carbocycles. The molecule has 1 saturated heterocycles. The highest BCUT2D eigenvalue weighted by Gasteiger charge is 2.55. The lowest BCUT2D eigenvalue weighted by Crippen LogP contribution is -2.35. The van der Waals surface area contributed by atoms with Crippen LogP contribution in [0.15, 0.2) is 33.7 Å². The molecule has 1 aliphatic heterocycles. The van der Waals surface area contributed by atoms with E-state index in [0.29, 0.717) is 37.0 Å². The van der Waals surface area contributed by atoms with Crippen molar-refractivity contribution < 1.29 is 17.7 Å². The predicted molar refractivity (Wildman–Crippen MR) is 94.4 cm³/mol. The summed E-state index contributed by atoms with van der Waals surface area (Å²) in [4.78, 5) is 4.83. The molecule has 0 amide bonds. The van der Waals surface area contributed by atoms with Crippen molar-refractivity contribution in [3.8, 4) is 5.75 Å². The maximum absolute atomic E-state index is 13.1. The highest BCUT2D eigenvalue weighted by molar-refractivity contribution is 7.89. The summed E-state index contributed by atoms with van der Waals surface area (Å²) < 4.78 is 38.3. The second-order valence-electron chi connectivity index (χ2n) is 7.08. The highest BCUT2D eigenvalue weighted by Crippen LogP contribution is 2.50. The molecule has 0 unspecified atom stereocenters. The molecule has 2 aromatic rings. The molecule has 2 atom stereocenters. The number of hydrogen-bond donors (Lipinski definition) is 0. The van der Waals surface area contributed by atoms with Crippen LogP contribution in [0.25, 0.3) is 0 Å². The van der Waals surface area contributed by atoms with Gasteiger partial charge in [0.25, 0.3) is 0 Å². The Morgan fingerprint density at radius 3 is 2.77 bits per heavy atom. The normalized spacial score (nSPS) is 26.2. The van der Waals surface area contributed by atoms with E-state index >= 15 is 0 Å². The molecular weight excluding hydrogens is 354 g/mol. The fraction of sp³-hybridized carbons (Fsp3) is 0.556. The van der Waals surface area contributed by atoms with Crippen molar-refractivity contribution in [2.45, 2.75) is 42.9 Å². The molecule has 1 aromatic heterocycles. The van der Waals surface area contributed by atoms with Crippen LogP contribution < -0.4 is 4.74 Å². The minimum atomic E-state index is -3.56. The first-order valence-electron chi connectivity index (χ1n) is 8.97. The summed E-state index contributed by atoms with van der Waals surface area (Å²) in [6.07, 6.45) is 3.64. The number of benzene rings is 1. The topological polar surface area (TPSA) is 85.5 Å². The number of rotatable bonds is 5. The van der Waals surface area contributed by atoms with Gasteiger partial charge in [-0.25, -0.2) is 8.42 Å². The zero-order valence-electron chi connectivity index (χ0n) is 15.0. The average Bonchev–Trinajstić information content (AvgIpc) is 3.35. The smallest absolute Gasteiger partial charge is 0.243 e. The quantitative estimate of drug-likeness (QED) is 0.795. The molecule has 140 valence electrons. The molecule has 4 rings (SSSR count). The Labute approximate surface area is 153 Å². The number of ether oxygens (including phenoxy) is 1. The number of aryl methyl sites for hydroxylation is 1. The Bertz CT molecular complexity index is 893. The van der Waals surface area contributed by atoms with Crippen LogP contribution in [-0.2, 0) is 21.9 Å². The third kappa shape index (κ3) is 2.63. The Morgan fingerprint density at radius 2 is 2.12 bits per heavy atom. The molecule has 0 radical (unpaired) electrons. The fourth-order valence-corrected chi connectivity index (χ4v) is 5.84. The van der Waals surface area contributed by atoms with Crippen LogP contribution in [0.2, 0.25) is 0 Å². The molecule has 0 spiro atoms. The van der Waals surface area contributed by atoms with Crippen LogP contribution in [0.3, 0.4) is 0 Å². The third-order valence-electron chi connectivity index (χ3n) is 5.75. The molecule has 2 fully saturated rings. The predicted octanol–water partition coefficient (Wildman–Crippen LogP) is 2.38. The SMILES string of the molecule is CCc1nc([C@@]23CCC[C@@H]2CN(S(=O)(=O)c2ccc(OC)cc2)C3)no1. The summed E-state index contributed by atoms with van der Waals surface area (Å²) in [5.74, 6) is 2.15. The first kappa shape index (κ1) is 17.5. The lowest BCUT2D eigenvalue weighted by Gasteiger charge is -2.24. The summed E-state index contributed by atoms with van der Waals surface area (Å²) in [6, 6.07) is 6.54. The zero-order chi connectivity index (χ0) is 18.4. The first-order chi connectivity index (χ1) is 12.5. The molecule has 1 aromatic carbocycles. The van der Waals surface area contributed by atoms with Crippen LogP contribution in [-0.4, -0.2) is 43.1 Å². The van der Waals surface area contributed by atoms with Crippen molar-refractivity contribution in [2.24, 2.45) is 5.92 Å². The van der Waals surface area contributed by atoms with Crippen LogP contribution in [0.4, 0.5) is 0 Å². The minimum Gasteiger partial charge on any atom is -0.497 e. The molecule has 2 heterocycles. The molecule has 1 aliphatic carbocycles. The van der Waals surface area contributed by atoms with Gasteiger partial charge < -0.3 is 9.26 Å². The van der Waals surface area contributed by atoms with E-state index in [0.717, 1.165) is 19.3 Å². The fourth-order valence-electron chi connectivity index (χ4n) is 4.29. The third-order valence-corrected chi connectivity index (χ3v) is 7.58. The molecule has 0 N–H and O–H groups in total. The zero-order valence-corrected chi connectivity index (χ0v) is 15.8. The van der Waals surface area contributed by atoms with Crippen molar-refractivity contribution in [3.63, 3.8) is 0 Å². The van der Waals surface area contributed by atoms with Crippen LogP contribution in [0, 0.1) is 5.92 Å². The van der Waals surface area contributed by atoms with Crippen LogP contribution >= 0.6 is 0 Å². The number of fused-ring (bicyclic) bond motifs is 1. The van der Waals surface area contributed by atoms with Crippen molar-refractivity contribution in [2.75, 3.05) is 20.2 Å². The molecule has 0 bridgehead atoms. The van der Waals surface area contributed by atoms with E-state index in [2.05, 4.69) is 10.1 Å². The lowest BCUT2D eigenvalue weighted by atomic mass is 9.80. The maximum atomic E-state index is 13.1. The van der Waals surface area contributed by atoms with Crippen LogP contribution in [0.1, 0.15) is 37.9 Å². The Hall–Kier alpha value is -1.93. The molecule has 8 heteroatoms. The Kier molecular flexibility index (Phi) is 4.27. The van der Waals surface area contributed by atoms with Crippen molar-refractivity contribution in [1.29, 1.82) is 0 Å². The van der Waals surface area contributed by atoms with Gasteiger partial charge in [-0.2, -0.15) is 9.29 Å². The van der Waals surface area contributed by atoms with Gasteiger partial charge in [0.05, 0.1) is 17.4 Å². The number of aromatic nitrogens is 2. The van der Waals surface area contributed by atoms with E-state index in [9.17, 15) is 8.42 Å². The van der Waals surface area contributed by atoms with Gasteiger partial charge in [0.15, 0.2) is 5.82 Å². The Morgan fingerprint density at radius 1 is 1.35 bits per heavy atom. The van der Waals surface area contributed by atoms with Gasteiger partial charge in [0, 0.05) is 19.5 Å². The van der Waals surface area contributed by atoms with Crippen LogP contribution in [0.5, 0.6) is 5.75 Å². The maximum Gasteiger partial charge on any atom is 0.243 e. The van der Waals surface area contributed by atoms with E-state index in [-0.39, 0.29) is 16.2 Å². The summed E-state index contributed by atoms with van der Waals surface area (Å²) in [6.45, 7) is 2.88. The number of sulfonamides is 1. The van der Waals surface area contributed by atoms with Gasteiger partial charge in [-0.3, -0.25) is 0 Å². The first-order valence-corrected chi connectivity index (χ1v) is 10.4. The summed E-state index contributed by atoms with van der Waals surface area (Å²) in [5, 5.41) is 4.19. The van der Waals surface area contributed by atoms with Gasteiger partial charge in [0.1, 0.15) is 5.75 Å². The van der Waals surface area contributed by atoms with E-state index in [1.807, 2.05) is 6.92 Å². The number of methoxy groups -OCH3 is 1. The van der Waals surface area contributed by atoms with E-state index in [4.69, 9.17) is 9.26 Å². The van der Waals surface area contributed by atoms with Gasteiger partial charge in [0.2, 0.25) is 15.9 Å². The molecule has 26 heavy (non-hydrogen) atoms. The standard InChI is InChI=1S/C18H23N3O4S/c1-3-16-19-17(20-25-16)18-10-4-5-13(18)11-21(12-18)26(22,23)15-8-6-14(24-2)7-9-15/h6-9,13H,3-5,10-12H2,1-2H3/t13-,18-/m1/s1. The molecular formula is C18H23N3O4S. The second kappa shape index (κ2) is 6.35. The minimum absolute atomic E-state index is 0.234. The van der Waals surface area contributed by atoms with Crippen molar-refractivity contribution in [1.82, 2.24) is 14.4 Å². The largest absolute Gasteiger partial charge is 0.497 e. The van der Waals surface area contributed by atoms with Gasteiger partial charge in [-0.1, -0.05) is 18.5 Å². The summed E-state index contributed by atoms with van der Waals surface area (Å²) in [7, 11) is -2.00. The second-order valence-corrected chi connectivity index (χ2v) is 9.02. The number of nitrogens with zero attached hydrogens (tertiary/aromatic N) is 3. The van der Waals surface area contributed by atoms with E-state index < -0.39 is 10.0 Å². The summed E-state index contributed by atoms with van der Waals surface area (Å²) >= 11 is 0. The number of hydrogen-bond acceptors (Lipinski definition) is 6. The highest BCUT2D eigenvalue weighted by atomic mass is 32.2. The van der Waals surface area contributed by atoms with Gasteiger partial charge in [-0.05, 0) is 43.0 Å². The Balaban J connectivity index is 1.65. The monoisotopic (exact) mass is 377 g/mol.